The van der Waals surface area contributed by atoms with Gasteiger partial charge in [0.2, 0.25) is 0 Å². The number of ether oxygens (including phenoxy) is 1. The second-order valence-electron chi connectivity index (χ2n) is 3.51. The van der Waals surface area contributed by atoms with Crippen LogP contribution in [0.1, 0.15) is 16.2 Å². The molecule has 1 N–H and O–H groups in total. The molecule has 0 saturated heterocycles. The predicted octanol–water partition coefficient (Wildman–Crippen LogP) is 1.72. The van der Waals surface area contributed by atoms with Gasteiger partial charge in [-0.2, -0.15) is 5.10 Å². The Morgan fingerprint density at radius 2 is 2.12 bits per heavy atom. The van der Waals surface area contributed by atoms with Gasteiger partial charge in [-0.3, -0.25) is 0 Å². The maximum Gasteiger partial charge on any atom is 0.354 e. The van der Waals surface area contributed by atoms with Gasteiger partial charge in [0, 0.05) is 7.11 Å². The van der Waals surface area contributed by atoms with E-state index in [1.54, 1.807) is 19.2 Å². The molecule has 0 saturated carbocycles. The Hall–Kier alpha value is -2.14. The zero-order chi connectivity index (χ0) is 12.3. The zero-order valence-electron chi connectivity index (χ0n) is 9.33. The van der Waals surface area contributed by atoms with Crippen LogP contribution >= 0.6 is 0 Å². The fraction of sp³-hybridized carbons (Fsp3) is 0.167. The summed E-state index contributed by atoms with van der Waals surface area (Å²) >= 11 is 0. The number of nitrogens with zero attached hydrogens (tertiary/aromatic N) is 2. The number of methoxy groups -OCH3 is 1. The number of aromatic nitrogens is 2. The smallest absolute Gasteiger partial charge is 0.354 e. The van der Waals surface area contributed by atoms with Crippen LogP contribution < -0.4 is 0 Å². The van der Waals surface area contributed by atoms with Crippen LogP contribution in [0.5, 0.6) is 0 Å². The van der Waals surface area contributed by atoms with Crippen LogP contribution in [-0.2, 0) is 11.3 Å². The molecule has 0 fully saturated rings. The van der Waals surface area contributed by atoms with E-state index in [1.165, 1.54) is 10.7 Å². The monoisotopic (exact) mass is 232 g/mol. The number of rotatable bonds is 4. The Labute approximate surface area is 98.3 Å². The number of aromatic carboxylic acids is 1. The van der Waals surface area contributed by atoms with Gasteiger partial charge < -0.3 is 9.84 Å². The van der Waals surface area contributed by atoms with Crippen LogP contribution in [0.15, 0.2) is 36.4 Å². The molecule has 0 unspecified atom stereocenters. The van der Waals surface area contributed by atoms with Crippen molar-refractivity contribution in [3.05, 3.63) is 47.8 Å². The minimum Gasteiger partial charge on any atom is -0.477 e. The van der Waals surface area contributed by atoms with Crippen molar-refractivity contribution in [2.24, 2.45) is 0 Å². The summed E-state index contributed by atoms with van der Waals surface area (Å²) in [5.41, 5.74) is 1.43. The van der Waals surface area contributed by atoms with Crippen molar-refractivity contribution >= 4 is 5.97 Å². The second kappa shape index (κ2) is 4.80. The molecule has 0 amide bonds. The molecule has 5 heteroatoms. The Balaban J connectivity index is 2.48. The first-order chi connectivity index (χ1) is 8.22. The summed E-state index contributed by atoms with van der Waals surface area (Å²) in [5.74, 6) is -1.01. The highest BCUT2D eigenvalue weighted by Gasteiger charge is 2.15. The highest BCUT2D eigenvalue weighted by molar-refractivity contribution is 5.86. The molecular formula is C12H12N2O3. The standard InChI is InChI=1S/C12H12N2O3/c1-17-8-9-7-11(12(15)16)14(13-9)10-5-3-2-4-6-10/h2-7H,8H2,1H3,(H,15,16). The van der Waals surface area contributed by atoms with E-state index < -0.39 is 5.97 Å². The number of benzene rings is 1. The summed E-state index contributed by atoms with van der Waals surface area (Å²) in [4.78, 5) is 11.1. The molecule has 0 aliphatic heterocycles. The van der Waals surface area contributed by atoms with Crippen LogP contribution in [0.4, 0.5) is 0 Å². The Morgan fingerprint density at radius 3 is 2.71 bits per heavy atom. The molecule has 2 rings (SSSR count). The zero-order valence-corrected chi connectivity index (χ0v) is 9.33. The van der Waals surface area contributed by atoms with Crippen molar-refractivity contribution in [1.29, 1.82) is 0 Å². The average Bonchev–Trinajstić information content (AvgIpc) is 2.75. The largest absolute Gasteiger partial charge is 0.477 e. The van der Waals surface area contributed by atoms with E-state index in [4.69, 9.17) is 9.84 Å². The molecule has 1 aromatic heterocycles. The highest BCUT2D eigenvalue weighted by atomic mass is 16.5. The van der Waals surface area contributed by atoms with Crippen LogP contribution in [-0.4, -0.2) is 28.0 Å². The van der Waals surface area contributed by atoms with Crippen LogP contribution in [0.2, 0.25) is 0 Å². The van der Waals surface area contributed by atoms with Gasteiger partial charge in [-0.1, -0.05) is 18.2 Å². The van der Waals surface area contributed by atoms with Crippen molar-refractivity contribution in [3.63, 3.8) is 0 Å². The van der Waals surface area contributed by atoms with E-state index >= 15 is 0 Å². The molecule has 0 aliphatic rings. The van der Waals surface area contributed by atoms with Crippen molar-refractivity contribution in [2.45, 2.75) is 6.61 Å². The minimum absolute atomic E-state index is 0.128. The van der Waals surface area contributed by atoms with E-state index in [0.717, 1.165) is 0 Å². The van der Waals surface area contributed by atoms with Crippen LogP contribution in [0.25, 0.3) is 5.69 Å². The number of hydrogen-bond acceptors (Lipinski definition) is 3. The SMILES string of the molecule is COCc1cc(C(=O)O)n(-c2ccccc2)n1. The number of carboxylic acid groups (broad SMARTS) is 1. The van der Waals surface area contributed by atoms with Crippen molar-refractivity contribution in [2.75, 3.05) is 7.11 Å². The fourth-order valence-corrected chi connectivity index (χ4v) is 1.57. The molecule has 5 nitrogen and oxygen atoms in total. The molecule has 0 aliphatic carbocycles. The summed E-state index contributed by atoms with van der Waals surface area (Å²) < 4.78 is 6.34. The fourth-order valence-electron chi connectivity index (χ4n) is 1.57. The number of carbonyl (C=O) groups is 1. The van der Waals surface area contributed by atoms with Crippen LogP contribution in [0, 0.1) is 0 Å². The van der Waals surface area contributed by atoms with E-state index in [9.17, 15) is 4.79 Å². The van der Waals surface area contributed by atoms with Crippen molar-refractivity contribution in [3.8, 4) is 5.69 Å². The second-order valence-corrected chi connectivity index (χ2v) is 3.51. The van der Waals surface area contributed by atoms with Crippen molar-refractivity contribution in [1.82, 2.24) is 9.78 Å². The Kier molecular flexibility index (Phi) is 3.20. The van der Waals surface area contributed by atoms with Crippen LogP contribution in [0.3, 0.4) is 0 Å². The van der Waals surface area contributed by atoms with E-state index in [-0.39, 0.29) is 5.69 Å². The molecule has 1 aromatic carbocycles. The van der Waals surface area contributed by atoms with E-state index in [0.29, 0.717) is 18.0 Å². The first-order valence-electron chi connectivity index (χ1n) is 5.09. The molecule has 2 aromatic rings. The lowest BCUT2D eigenvalue weighted by molar-refractivity contribution is 0.0687. The number of hydrogen-bond donors (Lipinski definition) is 1. The average molecular weight is 232 g/mol. The predicted molar refractivity (Wildman–Crippen MR) is 61.2 cm³/mol. The van der Waals surface area contributed by atoms with Crippen molar-refractivity contribution < 1.29 is 14.6 Å². The first-order valence-corrected chi connectivity index (χ1v) is 5.09. The van der Waals surface area contributed by atoms with Gasteiger partial charge in [-0.25, -0.2) is 9.48 Å². The third kappa shape index (κ3) is 2.34. The molecular weight excluding hydrogens is 220 g/mol. The van der Waals surface area contributed by atoms with Gasteiger partial charge in [0.1, 0.15) is 0 Å². The molecule has 0 radical (unpaired) electrons. The lowest BCUT2D eigenvalue weighted by Gasteiger charge is -2.03. The maximum absolute atomic E-state index is 11.1. The highest BCUT2D eigenvalue weighted by Crippen LogP contribution is 2.13. The van der Waals surface area contributed by atoms with E-state index in [2.05, 4.69) is 5.10 Å². The lowest BCUT2D eigenvalue weighted by Crippen LogP contribution is -2.07. The summed E-state index contributed by atoms with van der Waals surface area (Å²) in [7, 11) is 1.54. The quantitative estimate of drug-likeness (QED) is 0.871. The minimum atomic E-state index is -1.01. The molecule has 0 atom stereocenters. The molecule has 88 valence electrons. The number of para-hydroxylation sites is 1. The summed E-state index contributed by atoms with van der Waals surface area (Å²) in [5, 5.41) is 13.3. The van der Waals surface area contributed by atoms with Gasteiger partial charge in [0.05, 0.1) is 18.0 Å². The summed E-state index contributed by atoms with van der Waals surface area (Å²) in [6, 6.07) is 10.6. The number of carboxylic acids is 1. The molecule has 0 bridgehead atoms. The van der Waals surface area contributed by atoms with Gasteiger partial charge >= 0.3 is 5.97 Å². The summed E-state index contributed by atoms with van der Waals surface area (Å²) in [6.45, 7) is 0.292. The van der Waals surface area contributed by atoms with Gasteiger partial charge in [-0.05, 0) is 18.2 Å². The third-order valence-electron chi connectivity index (χ3n) is 2.27. The molecule has 1 heterocycles. The topological polar surface area (TPSA) is 64.3 Å². The van der Waals surface area contributed by atoms with Gasteiger partial charge in [0.25, 0.3) is 0 Å². The van der Waals surface area contributed by atoms with E-state index in [1.807, 2.05) is 18.2 Å². The van der Waals surface area contributed by atoms with Gasteiger partial charge in [-0.15, -0.1) is 0 Å². The Morgan fingerprint density at radius 1 is 1.41 bits per heavy atom. The first kappa shape index (κ1) is 11.3. The third-order valence-corrected chi connectivity index (χ3v) is 2.27. The molecule has 0 spiro atoms. The van der Waals surface area contributed by atoms with Gasteiger partial charge in [0.15, 0.2) is 5.69 Å². The maximum atomic E-state index is 11.1. The lowest BCUT2D eigenvalue weighted by atomic mass is 10.3. The summed E-state index contributed by atoms with van der Waals surface area (Å²) in [6.07, 6.45) is 0. The normalized spacial score (nSPS) is 10.4. The molecule has 17 heavy (non-hydrogen) atoms. The Bertz CT molecular complexity index is 520.